The second kappa shape index (κ2) is 9.70. The van der Waals surface area contributed by atoms with Gasteiger partial charge in [0.1, 0.15) is 10.6 Å². The molecule has 0 aliphatic rings. The molecule has 0 spiro atoms. The zero-order valence-electron chi connectivity index (χ0n) is 16.2. The molecule has 0 radical (unpaired) electrons. The van der Waals surface area contributed by atoms with Crippen molar-refractivity contribution in [3.8, 4) is 5.75 Å². The number of hydrogen-bond donors (Lipinski definition) is 3. The number of methoxy groups -OCH3 is 1. The number of thiazole rings is 1. The Bertz CT molecular complexity index is 989. The van der Waals surface area contributed by atoms with E-state index in [2.05, 4.69) is 20.9 Å². The van der Waals surface area contributed by atoms with E-state index in [1.165, 1.54) is 0 Å². The largest absolute Gasteiger partial charge is 0.497 e. The summed E-state index contributed by atoms with van der Waals surface area (Å²) in [5.41, 5.74) is 2.32. The summed E-state index contributed by atoms with van der Waals surface area (Å²) in [6.07, 6.45) is 0.686. The number of ether oxygens (including phenoxy) is 1. The Hall–Kier alpha value is -3.39. The number of urea groups is 1. The third kappa shape index (κ3) is 5.79. The number of amides is 3. The quantitative estimate of drug-likeness (QED) is 0.547. The molecule has 0 aliphatic heterocycles. The molecule has 1 heterocycles. The highest BCUT2D eigenvalue weighted by Gasteiger charge is 2.16. The number of carbonyl (C=O) groups is 2. The number of aromatic nitrogens is 1. The van der Waals surface area contributed by atoms with Crippen LogP contribution in [-0.4, -0.2) is 30.6 Å². The minimum Gasteiger partial charge on any atom is -0.497 e. The lowest BCUT2D eigenvalue weighted by atomic mass is 10.1. The van der Waals surface area contributed by atoms with E-state index < -0.39 is 6.03 Å². The van der Waals surface area contributed by atoms with Gasteiger partial charge in [-0.3, -0.25) is 10.1 Å². The molecule has 3 amide bonds. The third-order valence-electron chi connectivity index (χ3n) is 4.09. The van der Waals surface area contributed by atoms with E-state index >= 15 is 0 Å². The number of hydrogen-bond acceptors (Lipinski definition) is 5. The predicted octanol–water partition coefficient (Wildman–Crippen LogP) is 4.08. The van der Waals surface area contributed by atoms with Crippen LogP contribution in [-0.2, 0) is 6.42 Å². The highest BCUT2D eigenvalue weighted by molar-refractivity contribution is 7.17. The maximum atomic E-state index is 12.5. The summed E-state index contributed by atoms with van der Waals surface area (Å²) in [4.78, 5) is 29.3. The molecule has 3 rings (SSSR count). The van der Waals surface area contributed by atoms with Crippen LogP contribution < -0.4 is 20.7 Å². The van der Waals surface area contributed by atoms with Crippen molar-refractivity contribution in [2.24, 2.45) is 0 Å². The number of carbonyl (C=O) groups excluding carboxylic acids is 2. The van der Waals surface area contributed by atoms with Crippen molar-refractivity contribution in [3.05, 3.63) is 70.7 Å². The van der Waals surface area contributed by atoms with E-state index in [0.717, 1.165) is 22.6 Å². The average molecular weight is 410 g/mol. The average Bonchev–Trinajstić information content (AvgIpc) is 3.08. The van der Waals surface area contributed by atoms with Gasteiger partial charge in [0.25, 0.3) is 5.91 Å². The number of rotatable bonds is 7. The Morgan fingerprint density at radius 3 is 2.62 bits per heavy atom. The SMILES string of the molecule is COc1cccc(CCNC(=O)c2sc(NC(=O)Nc3ccccc3)nc2C)c1. The summed E-state index contributed by atoms with van der Waals surface area (Å²) in [5.74, 6) is 0.580. The van der Waals surface area contributed by atoms with Gasteiger partial charge in [0.2, 0.25) is 0 Å². The van der Waals surface area contributed by atoms with E-state index in [0.29, 0.717) is 34.4 Å². The van der Waals surface area contributed by atoms with Gasteiger partial charge in [-0.2, -0.15) is 0 Å². The fourth-order valence-electron chi connectivity index (χ4n) is 2.67. The lowest BCUT2D eigenvalue weighted by molar-refractivity contribution is 0.0957. The second-order valence-corrected chi connectivity index (χ2v) is 7.24. The van der Waals surface area contributed by atoms with Crippen LogP contribution in [0.1, 0.15) is 20.9 Å². The highest BCUT2D eigenvalue weighted by Crippen LogP contribution is 2.23. The maximum Gasteiger partial charge on any atom is 0.325 e. The first-order valence-corrected chi connectivity index (χ1v) is 9.88. The number of nitrogens with zero attached hydrogens (tertiary/aromatic N) is 1. The zero-order chi connectivity index (χ0) is 20.6. The molecule has 0 saturated carbocycles. The minimum atomic E-state index is -0.407. The van der Waals surface area contributed by atoms with Crippen molar-refractivity contribution in [1.29, 1.82) is 0 Å². The first-order chi connectivity index (χ1) is 14.0. The van der Waals surface area contributed by atoms with Crippen LogP contribution in [0.2, 0.25) is 0 Å². The fraction of sp³-hybridized carbons (Fsp3) is 0.190. The summed E-state index contributed by atoms with van der Waals surface area (Å²) in [6, 6.07) is 16.4. The molecule has 1 aromatic heterocycles. The number of nitrogens with one attached hydrogen (secondary N) is 3. The van der Waals surface area contributed by atoms with Crippen molar-refractivity contribution in [2.75, 3.05) is 24.3 Å². The molecular weight excluding hydrogens is 388 g/mol. The molecule has 3 N–H and O–H groups in total. The molecule has 8 heteroatoms. The van der Waals surface area contributed by atoms with Gasteiger partial charge in [-0.1, -0.05) is 41.7 Å². The van der Waals surface area contributed by atoms with E-state index in [4.69, 9.17) is 4.74 Å². The molecule has 29 heavy (non-hydrogen) atoms. The highest BCUT2D eigenvalue weighted by atomic mass is 32.1. The van der Waals surface area contributed by atoms with Gasteiger partial charge in [0, 0.05) is 12.2 Å². The molecule has 0 fully saturated rings. The zero-order valence-corrected chi connectivity index (χ0v) is 17.0. The van der Waals surface area contributed by atoms with E-state index in [1.807, 2.05) is 42.5 Å². The lowest BCUT2D eigenvalue weighted by Gasteiger charge is -2.06. The Kier molecular flexibility index (Phi) is 6.80. The van der Waals surface area contributed by atoms with Gasteiger partial charge >= 0.3 is 6.03 Å². The van der Waals surface area contributed by atoms with Crippen LogP contribution in [0.4, 0.5) is 15.6 Å². The van der Waals surface area contributed by atoms with Crippen molar-refractivity contribution in [1.82, 2.24) is 10.3 Å². The first kappa shape index (κ1) is 20.3. The molecule has 3 aromatic rings. The minimum absolute atomic E-state index is 0.209. The fourth-order valence-corrected chi connectivity index (χ4v) is 3.55. The van der Waals surface area contributed by atoms with E-state index in [1.54, 1.807) is 26.2 Å². The normalized spacial score (nSPS) is 10.3. The third-order valence-corrected chi connectivity index (χ3v) is 5.16. The van der Waals surface area contributed by atoms with Crippen LogP contribution in [0.15, 0.2) is 54.6 Å². The Labute approximate surface area is 173 Å². The van der Waals surface area contributed by atoms with Crippen molar-refractivity contribution < 1.29 is 14.3 Å². The van der Waals surface area contributed by atoms with Gasteiger partial charge in [0.05, 0.1) is 12.8 Å². The smallest absolute Gasteiger partial charge is 0.325 e. The van der Waals surface area contributed by atoms with Crippen molar-refractivity contribution in [2.45, 2.75) is 13.3 Å². The summed E-state index contributed by atoms with van der Waals surface area (Å²) >= 11 is 1.14. The van der Waals surface area contributed by atoms with Crippen LogP contribution in [0.5, 0.6) is 5.75 Å². The molecule has 0 atom stereocenters. The maximum absolute atomic E-state index is 12.5. The Balaban J connectivity index is 1.53. The molecular formula is C21H22N4O3S. The molecule has 2 aromatic carbocycles. The molecule has 0 saturated heterocycles. The molecule has 150 valence electrons. The van der Waals surface area contributed by atoms with Crippen LogP contribution in [0.25, 0.3) is 0 Å². The summed E-state index contributed by atoms with van der Waals surface area (Å²) in [6.45, 7) is 2.23. The van der Waals surface area contributed by atoms with Crippen LogP contribution >= 0.6 is 11.3 Å². The first-order valence-electron chi connectivity index (χ1n) is 9.07. The molecule has 7 nitrogen and oxygen atoms in total. The second-order valence-electron chi connectivity index (χ2n) is 6.24. The van der Waals surface area contributed by atoms with Crippen LogP contribution in [0, 0.1) is 6.92 Å². The van der Waals surface area contributed by atoms with E-state index in [9.17, 15) is 9.59 Å². The van der Waals surface area contributed by atoms with Gasteiger partial charge in [0.15, 0.2) is 5.13 Å². The lowest BCUT2D eigenvalue weighted by Crippen LogP contribution is -2.25. The van der Waals surface area contributed by atoms with Gasteiger partial charge in [-0.25, -0.2) is 9.78 Å². The summed E-state index contributed by atoms with van der Waals surface area (Å²) in [7, 11) is 1.62. The van der Waals surface area contributed by atoms with Crippen molar-refractivity contribution in [3.63, 3.8) is 0 Å². The number of para-hydroxylation sites is 1. The molecule has 0 aliphatic carbocycles. The van der Waals surface area contributed by atoms with Crippen LogP contribution in [0.3, 0.4) is 0 Å². The summed E-state index contributed by atoms with van der Waals surface area (Å²) < 4.78 is 5.21. The van der Waals surface area contributed by atoms with Crippen molar-refractivity contribution >= 4 is 34.1 Å². The van der Waals surface area contributed by atoms with E-state index in [-0.39, 0.29) is 5.91 Å². The number of anilines is 2. The number of aryl methyl sites for hydroxylation is 1. The number of benzene rings is 2. The van der Waals surface area contributed by atoms with Gasteiger partial charge < -0.3 is 15.4 Å². The Morgan fingerprint density at radius 1 is 1.07 bits per heavy atom. The Morgan fingerprint density at radius 2 is 1.86 bits per heavy atom. The van der Waals surface area contributed by atoms with Gasteiger partial charge in [-0.05, 0) is 43.2 Å². The summed E-state index contributed by atoms with van der Waals surface area (Å²) in [5, 5.41) is 8.64. The predicted molar refractivity (Wildman–Crippen MR) is 115 cm³/mol. The monoisotopic (exact) mass is 410 g/mol. The molecule has 0 bridgehead atoms. The standard InChI is InChI=1S/C21H22N4O3S/c1-14-18(19(26)22-12-11-15-7-6-10-17(13-15)28-2)29-21(23-14)25-20(27)24-16-8-4-3-5-9-16/h3-10,13H,11-12H2,1-2H3,(H,22,26)(H2,23,24,25,27). The topological polar surface area (TPSA) is 92.4 Å². The molecule has 0 unspecified atom stereocenters. The van der Waals surface area contributed by atoms with Gasteiger partial charge in [-0.15, -0.1) is 0 Å².